The Hall–Kier alpha value is -1.88. The average molecular weight is 278 g/mol. The van der Waals surface area contributed by atoms with E-state index in [4.69, 9.17) is 0 Å². The van der Waals surface area contributed by atoms with Gasteiger partial charge in [0.25, 0.3) is 0 Å². The maximum atomic E-state index is 11.9. The Labute approximate surface area is 119 Å². The number of nitrogens with one attached hydrogen (secondary N) is 2. The zero-order valence-corrected chi connectivity index (χ0v) is 12.2. The van der Waals surface area contributed by atoms with E-state index in [1.165, 1.54) is 6.92 Å². The molecule has 1 rings (SSSR count). The number of carbonyl (C=O) groups excluding carboxylic acids is 2. The van der Waals surface area contributed by atoms with Crippen LogP contribution in [0, 0.1) is 0 Å². The minimum Gasteiger partial charge on any atom is -0.394 e. The van der Waals surface area contributed by atoms with Gasteiger partial charge in [-0.1, -0.05) is 19.1 Å². The zero-order chi connectivity index (χ0) is 15.2. The van der Waals surface area contributed by atoms with Crippen LogP contribution in [-0.4, -0.2) is 29.1 Å². The van der Waals surface area contributed by atoms with E-state index >= 15 is 0 Å². The Bertz CT molecular complexity index is 465. The monoisotopic (exact) mass is 278 g/mol. The first-order valence-corrected chi connectivity index (χ1v) is 6.67. The molecule has 3 N–H and O–H groups in total. The highest BCUT2D eigenvalue weighted by molar-refractivity contribution is 5.88. The fourth-order valence-electron chi connectivity index (χ4n) is 1.72. The van der Waals surface area contributed by atoms with Crippen molar-refractivity contribution in [2.24, 2.45) is 0 Å². The van der Waals surface area contributed by atoms with E-state index in [0.29, 0.717) is 12.1 Å². The van der Waals surface area contributed by atoms with E-state index in [1.54, 1.807) is 24.3 Å². The minimum atomic E-state index is -0.576. The number of amides is 2. The van der Waals surface area contributed by atoms with Crippen LogP contribution in [0.25, 0.3) is 0 Å². The van der Waals surface area contributed by atoms with Crippen LogP contribution in [0.5, 0.6) is 0 Å². The van der Waals surface area contributed by atoms with Crippen molar-refractivity contribution in [3.63, 3.8) is 0 Å². The molecule has 5 heteroatoms. The zero-order valence-electron chi connectivity index (χ0n) is 12.2. The number of anilines is 1. The molecule has 0 aliphatic carbocycles. The Balaban J connectivity index is 2.60. The molecule has 0 heterocycles. The van der Waals surface area contributed by atoms with Gasteiger partial charge in [-0.3, -0.25) is 9.59 Å². The molecule has 0 spiro atoms. The average Bonchev–Trinajstić information content (AvgIpc) is 2.40. The summed E-state index contributed by atoms with van der Waals surface area (Å²) in [5.41, 5.74) is 0.983. The summed E-state index contributed by atoms with van der Waals surface area (Å²) in [4.78, 5) is 22.8. The third-order valence-electron chi connectivity index (χ3n) is 3.21. The molecule has 0 aromatic heterocycles. The fourth-order valence-corrected chi connectivity index (χ4v) is 1.72. The number of aliphatic hydroxyl groups is 1. The SMILES string of the molecule is CCC(C)(CO)NC(=O)Cc1ccc(NC(C)=O)cc1. The predicted octanol–water partition coefficient (Wildman–Crippen LogP) is 1.46. The fraction of sp³-hybridized carbons (Fsp3) is 0.467. The van der Waals surface area contributed by atoms with Crippen molar-refractivity contribution in [2.45, 2.75) is 39.2 Å². The standard InChI is InChI=1S/C15H22N2O3/c1-4-15(3,10-18)17-14(20)9-12-5-7-13(8-6-12)16-11(2)19/h5-8,18H,4,9-10H2,1-3H3,(H,16,19)(H,17,20). The maximum Gasteiger partial charge on any atom is 0.224 e. The van der Waals surface area contributed by atoms with E-state index < -0.39 is 5.54 Å². The largest absolute Gasteiger partial charge is 0.394 e. The van der Waals surface area contributed by atoms with Crippen molar-refractivity contribution in [2.75, 3.05) is 11.9 Å². The lowest BCUT2D eigenvalue weighted by Crippen LogP contribution is -2.48. The summed E-state index contributed by atoms with van der Waals surface area (Å²) < 4.78 is 0. The highest BCUT2D eigenvalue weighted by Gasteiger charge is 2.22. The molecular weight excluding hydrogens is 256 g/mol. The number of hydrogen-bond donors (Lipinski definition) is 3. The molecular formula is C15H22N2O3. The normalized spacial score (nSPS) is 13.4. The van der Waals surface area contributed by atoms with Gasteiger partial charge in [0.15, 0.2) is 0 Å². The second-order valence-corrected chi connectivity index (χ2v) is 5.18. The summed E-state index contributed by atoms with van der Waals surface area (Å²) in [5.74, 6) is -0.257. The van der Waals surface area contributed by atoms with Crippen LogP contribution < -0.4 is 10.6 Å². The van der Waals surface area contributed by atoms with Crippen LogP contribution in [0.2, 0.25) is 0 Å². The van der Waals surface area contributed by atoms with Crippen LogP contribution in [0.4, 0.5) is 5.69 Å². The second-order valence-electron chi connectivity index (χ2n) is 5.18. The third kappa shape index (κ3) is 5.01. The Morgan fingerprint density at radius 3 is 2.30 bits per heavy atom. The maximum absolute atomic E-state index is 11.9. The molecule has 2 amide bonds. The van der Waals surface area contributed by atoms with E-state index in [2.05, 4.69) is 10.6 Å². The molecule has 1 unspecified atom stereocenters. The van der Waals surface area contributed by atoms with E-state index in [9.17, 15) is 14.7 Å². The lowest BCUT2D eigenvalue weighted by Gasteiger charge is -2.27. The molecule has 0 bridgehead atoms. The Morgan fingerprint density at radius 2 is 1.85 bits per heavy atom. The number of carbonyl (C=O) groups is 2. The Morgan fingerprint density at radius 1 is 1.25 bits per heavy atom. The van der Waals surface area contributed by atoms with Crippen molar-refractivity contribution in [3.8, 4) is 0 Å². The lowest BCUT2D eigenvalue weighted by molar-refractivity contribution is -0.122. The predicted molar refractivity (Wildman–Crippen MR) is 78.4 cm³/mol. The minimum absolute atomic E-state index is 0.0866. The van der Waals surface area contributed by atoms with Crippen LogP contribution in [-0.2, 0) is 16.0 Å². The number of benzene rings is 1. The molecule has 0 saturated carbocycles. The Kier molecular flexibility index (Phi) is 5.70. The number of rotatable bonds is 6. The first-order chi connectivity index (χ1) is 9.38. The van der Waals surface area contributed by atoms with Crippen molar-refractivity contribution in [3.05, 3.63) is 29.8 Å². The van der Waals surface area contributed by atoms with Gasteiger partial charge in [-0.2, -0.15) is 0 Å². The molecule has 110 valence electrons. The van der Waals surface area contributed by atoms with Gasteiger partial charge >= 0.3 is 0 Å². The summed E-state index contributed by atoms with van der Waals surface area (Å²) in [5, 5.41) is 14.8. The third-order valence-corrected chi connectivity index (χ3v) is 3.21. The number of aliphatic hydroxyl groups excluding tert-OH is 1. The van der Waals surface area contributed by atoms with Gasteiger partial charge in [-0.05, 0) is 31.0 Å². The molecule has 0 aliphatic rings. The van der Waals surface area contributed by atoms with Gasteiger partial charge in [0.2, 0.25) is 11.8 Å². The summed E-state index contributed by atoms with van der Waals surface area (Å²) in [7, 11) is 0. The molecule has 0 aliphatic heterocycles. The molecule has 5 nitrogen and oxygen atoms in total. The summed E-state index contributed by atoms with van der Waals surface area (Å²) in [6.45, 7) is 5.09. The summed E-state index contributed by atoms with van der Waals surface area (Å²) in [6, 6.07) is 7.12. The van der Waals surface area contributed by atoms with Crippen molar-refractivity contribution in [1.82, 2.24) is 5.32 Å². The lowest BCUT2D eigenvalue weighted by atomic mass is 9.99. The van der Waals surface area contributed by atoms with Crippen molar-refractivity contribution >= 4 is 17.5 Å². The molecule has 1 atom stereocenters. The molecule has 20 heavy (non-hydrogen) atoms. The van der Waals surface area contributed by atoms with Gasteiger partial charge in [0.05, 0.1) is 18.6 Å². The van der Waals surface area contributed by atoms with Gasteiger partial charge in [-0.15, -0.1) is 0 Å². The molecule has 0 saturated heterocycles. The summed E-state index contributed by atoms with van der Waals surface area (Å²) >= 11 is 0. The van der Waals surface area contributed by atoms with E-state index in [0.717, 1.165) is 5.56 Å². The molecule has 0 fully saturated rings. The first kappa shape index (κ1) is 16.2. The second kappa shape index (κ2) is 7.05. The van der Waals surface area contributed by atoms with Crippen LogP contribution in [0.1, 0.15) is 32.8 Å². The first-order valence-electron chi connectivity index (χ1n) is 6.67. The number of hydrogen-bond acceptors (Lipinski definition) is 3. The van der Waals surface area contributed by atoms with Crippen molar-refractivity contribution in [1.29, 1.82) is 0 Å². The van der Waals surface area contributed by atoms with Gasteiger partial charge < -0.3 is 15.7 Å². The van der Waals surface area contributed by atoms with Crippen LogP contribution in [0.15, 0.2) is 24.3 Å². The van der Waals surface area contributed by atoms with Crippen LogP contribution in [0.3, 0.4) is 0 Å². The van der Waals surface area contributed by atoms with Gasteiger partial charge in [0.1, 0.15) is 0 Å². The topological polar surface area (TPSA) is 78.4 Å². The highest BCUT2D eigenvalue weighted by Crippen LogP contribution is 2.12. The smallest absolute Gasteiger partial charge is 0.224 e. The molecule has 0 radical (unpaired) electrons. The van der Waals surface area contributed by atoms with Gasteiger partial charge in [0, 0.05) is 12.6 Å². The van der Waals surface area contributed by atoms with Gasteiger partial charge in [-0.25, -0.2) is 0 Å². The van der Waals surface area contributed by atoms with E-state index in [-0.39, 0.29) is 24.8 Å². The quantitative estimate of drug-likeness (QED) is 0.737. The van der Waals surface area contributed by atoms with Crippen molar-refractivity contribution < 1.29 is 14.7 Å². The van der Waals surface area contributed by atoms with E-state index in [1.807, 2.05) is 13.8 Å². The molecule has 1 aromatic carbocycles. The summed E-state index contributed by atoms with van der Waals surface area (Å²) in [6.07, 6.45) is 0.909. The molecule has 1 aromatic rings. The van der Waals surface area contributed by atoms with Crippen LogP contribution >= 0.6 is 0 Å². The highest BCUT2D eigenvalue weighted by atomic mass is 16.3.